The molecule has 3 atom stereocenters. The molecule has 3 aromatic rings. The highest BCUT2D eigenvalue weighted by atomic mass is 19.1. The van der Waals surface area contributed by atoms with Crippen LogP contribution in [-0.2, 0) is 11.3 Å². The van der Waals surface area contributed by atoms with E-state index in [0.29, 0.717) is 44.7 Å². The summed E-state index contributed by atoms with van der Waals surface area (Å²) in [5, 5.41) is 5.36. The lowest BCUT2D eigenvalue weighted by Gasteiger charge is -2.44. The van der Waals surface area contributed by atoms with E-state index in [9.17, 15) is 14.0 Å². The fraction of sp³-hybridized carbons (Fsp3) is 0.455. The number of nitrogens with one attached hydrogen (secondary N) is 1. The van der Waals surface area contributed by atoms with Crippen molar-refractivity contribution in [1.82, 2.24) is 20.0 Å². The third kappa shape index (κ3) is 4.72. The molecule has 2 bridgehead atoms. The lowest BCUT2D eigenvalue weighted by Crippen LogP contribution is -2.59. The number of likely N-dealkylation sites (tertiary alicyclic amines) is 1. The predicted molar refractivity (Wildman–Crippen MR) is 158 cm³/mol. The Hall–Kier alpha value is -3.65. The number of carbonyl (C=O) groups is 2. The molecule has 4 fully saturated rings. The number of amides is 3. The first kappa shape index (κ1) is 26.3. The Morgan fingerprint density at radius 3 is 2.37 bits per heavy atom. The molecule has 41 heavy (non-hydrogen) atoms. The van der Waals surface area contributed by atoms with Gasteiger partial charge in [-0.2, -0.15) is 0 Å². The van der Waals surface area contributed by atoms with E-state index in [0.717, 1.165) is 48.7 Å². The fourth-order valence-corrected chi connectivity index (χ4v) is 7.87. The molecule has 4 aliphatic heterocycles. The molecule has 214 valence electrons. The maximum atomic E-state index is 13.6. The quantitative estimate of drug-likeness (QED) is 0.495. The molecule has 1 N–H and O–H groups in total. The predicted octanol–water partition coefficient (Wildman–Crippen LogP) is 4.95. The standard InChI is InChI=1S/C33H38FN5O2/c1-36-22-39(28-5-3-2-4-6-28)33(31(36)40)13-15-37(16-14-33)32(41)35-27-19-29-11-12-30(20-27)38(29)21-23-7-8-25-18-26(34)10-9-24(25)17-23/h2-10,17-18,27,29-30H,11-16,19-22H2,1H3,(H,35,41)/t27?,29-,30+. The van der Waals surface area contributed by atoms with E-state index >= 15 is 0 Å². The number of fused-ring (bicyclic) bond motifs is 3. The first-order valence-electron chi connectivity index (χ1n) is 15.0. The number of hydrogen-bond donors (Lipinski definition) is 1. The van der Waals surface area contributed by atoms with Crippen LogP contribution in [0.3, 0.4) is 0 Å². The number of para-hydroxylation sites is 1. The van der Waals surface area contributed by atoms with Crippen LogP contribution in [0.25, 0.3) is 10.8 Å². The fourth-order valence-electron chi connectivity index (χ4n) is 7.87. The number of urea groups is 1. The lowest BCUT2D eigenvalue weighted by molar-refractivity contribution is -0.132. The van der Waals surface area contributed by atoms with Gasteiger partial charge in [-0.15, -0.1) is 0 Å². The van der Waals surface area contributed by atoms with Crippen molar-refractivity contribution >= 4 is 28.4 Å². The molecule has 3 aromatic carbocycles. The van der Waals surface area contributed by atoms with Gasteiger partial charge in [-0.3, -0.25) is 9.69 Å². The molecule has 0 aromatic heterocycles. The van der Waals surface area contributed by atoms with Crippen LogP contribution in [0.15, 0.2) is 66.7 Å². The van der Waals surface area contributed by atoms with E-state index in [1.165, 1.54) is 11.6 Å². The van der Waals surface area contributed by atoms with Gasteiger partial charge in [0.1, 0.15) is 11.4 Å². The zero-order valence-electron chi connectivity index (χ0n) is 23.6. The third-order valence-corrected chi connectivity index (χ3v) is 10.0. The molecule has 4 heterocycles. The zero-order valence-corrected chi connectivity index (χ0v) is 23.6. The van der Waals surface area contributed by atoms with Gasteiger partial charge in [0.05, 0.1) is 6.67 Å². The largest absolute Gasteiger partial charge is 0.339 e. The monoisotopic (exact) mass is 555 g/mol. The number of halogens is 1. The van der Waals surface area contributed by atoms with Crippen molar-refractivity contribution in [3.05, 3.63) is 78.1 Å². The number of hydrogen-bond acceptors (Lipinski definition) is 4. The minimum absolute atomic E-state index is 0.00419. The number of piperidine rings is 2. The van der Waals surface area contributed by atoms with Crippen LogP contribution in [-0.4, -0.2) is 77.1 Å². The summed E-state index contributed by atoms with van der Waals surface area (Å²) >= 11 is 0. The topological polar surface area (TPSA) is 59.1 Å². The normalized spacial score (nSPS) is 25.9. The summed E-state index contributed by atoms with van der Waals surface area (Å²) in [6.07, 6.45) is 5.52. The van der Waals surface area contributed by atoms with E-state index in [2.05, 4.69) is 39.4 Å². The first-order valence-corrected chi connectivity index (χ1v) is 15.0. The maximum Gasteiger partial charge on any atom is 0.317 e. The van der Waals surface area contributed by atoms with Gasteiger partial charge in [0, 0.05) is 50.5 Å². The summed E-state index contributed by atoms with van der Waals surface area (Å²) < 4.78 is 13.6. The van der Waals surface area contributed by atoms with Crippen molar-refractivity contribution in [3.63, 3.8) is 0 Å². The Balaban J connectivity index is 0.963. The van der Waals surface area contributed by atoms with Gasteiger partial charge in [0.2, 0.25) is 5.91 Å². The van der Waals surface area contributed by atoms with Crippen LogP contribution < -0.4 is 10.2 Å². The van der Waals surface area contributed by atoms with Gasteiger partial charge >= 0.3 is 6.03 Å². The Morgan fingerprint density at radius 2 is 1.63 bits per heavy atom. The molecule has 4 saturated heterocycles. The second kappa shape index (κ2) is 10.3. The molecular formula is C33H38FN5O2. The summed E-state index contributed by atoms with van der Waals surface area (Å²) in [7, 11) is 1.87. The Kier molecular flexibility index (Phi) is 6.61. The zero-order chi connectivity index (χ0) is 28.1. The van der Waals surface area contributed by atoms with E-state index in [1.54, 1.807) is 6.07 Å². The molecule has 1 spiro atoms. The number of likely N-dealkylation sites (N-methyl/N-ethyl adjacent to an activating group) is 1. The Bertz CT molecular complexity index is 1440. The molecule has 8 heteroatoms. The molecule has 3 amide bonds. The highest BCUT2D eigenvalue weighted by Crippen LogP contribution is 2.40. The molecule has 1 unspecified atom stereocenters. The van der Waals surface area contributed by atoms with E-state index < -0.39 is 5.54 Å². The SMILES string of the molecule is CN1CN(c2ccccc2)C2(CCN(C(=O)NC3C[C@H]4CC[C@@H](C3)N4Cc3ccc4cc(F)ccc4c3)CC2)C1=O. The average molecular weight is 556 g/mol. The molecule has 0 aliphatic carbocycles. The van der Waals surface area contributed by atoms with E-state index in [4.69, 9.17) is 0 Å². The van der Waals surface area contributed by atoms with Gasteiger partial charge in [-0.05, 0) is 85.2 Å². The van der Waals surface area contributed by atoms with Crippen LogP contribution >= 0.6 is 0 Å². The first-order chi connectivity index (χ1) is 19.9. The number of nitrogens with zero attached hydrogens (tertiary/aromatic N) is 4. The van der Waals surface area contributed by atoms with Crippen molar-refractivity contribution in [2.24, 2.45) is 0 Å². The Labute approximate surface area is 240 Å². The smallest absolute Gasteiger partial charge is 0.317 e. The van der Waals surface area contributed by atoms with Crippen LogP contribution in [0, 0.1) is 5.82 Å². The molecule has 0 radical (unpaired) electrons. The third-order valence-electron chi connectivity index (χ3n) is 10.0. The highest BCUT2D eigenvalue weighted by molar-refractivity contribution is 5.93. The van der Waals surface area contributed by atoms with E-state index in [-0.39, 0.29) is 23.8 Å². The number of anilines is 1. The van der Waals surface area contributed by atoms with Crippen LogP contribution in [0.4, 0.5) is 14.9 Å². The van der Waals surface area contributed by atoms with E-state index in [1.807, 2.05) is 47.2 Å². The minimum Gasteiger partial charge on any atom is -0.339 e. The summed E-state index contributed by atoms with van der Waals surface area (Å²) in [5.74, 6) is -0.0470. The van der Waals surface area contributed by atoms with Gasteiger partial charge in [0.15, 0.2) is 0 Å². The van der Waals surface area contributed by atoms with Crippen molar-refractivity contribution in [2.45, 2.75) is 68.7 Å². The molecular weight excluding hydrogens is 517 g/mol. The average Bonchev–Trinajstić information content (AvgIpc) is 3.36. The number of rotatable bonds is 4. The summed E-state index contributed by atoms with van der Waals surface area (Å²) in [6, 6.07) is 22.5. The Morgan fingerprint density at radius 1 is 0.951 bits per heavy atom. The molecule has 7 rings (SSSR count). The van der Waals surface area contributed by atoms with Crippen molar-refractivity contribution in [2.75, 3.05) is 31.7 Å². The van der Waals surface area contributed by atoms with Gasteiger partial charge < -0.3 is 20.0 Å². The lowest BCUT2D eigenvalue weighted by atomic mass is 9.85. The number of carbonyl (C=O) groups excluding carboxylic acids is 2. The van der Waals surface area contributed by atoms with Gasteiger partial charge in [-0.1, -0.05) is 36.4 Å². The summed E-state index contributed by atoms with van der Waals surface area (Å²) in [5.41, 5.74) is 1.74. The molecule has 4 aliphatic rings. The van der Waals surface area contributed by atoms with Crippen molar-refractivity contribution in [3.8, 4) is 0 Å². The molecule has 7 nitrogen and oxygen atoms in total. The van der Waals surface area contributed by atoms with Gasteiger partial charge in [0.25, 0.3) is 0 Å². The highest BCUT2D eigenvalue weighted by Gasteiger charge is 2.53. The van der Waals surface area contributed by atoms with Crippen LogP contribution in [0.2, 0.25) is 0 Å². The summed E-state index contributed by atoms with van der Waals surface area (Å²) in [6.45, 7) is 2.62. The van der Waals surface area contributed by atoms with Crippen molar-refractivity contribution < 1.29 is 14.0 Å². The van der Waals surface area contributed by atoms with Gasteiger partial charge in [-0.25, -0.2) is 9.18 Å². The van der Waals surface area contributed by atoms with Crippen molar-refractivity contribution in [1.29, 1.82) is 0 Å². The maximum absolute atomic E-state index is 13.6. The summed E-state index contributed by atoms with van der Waals surface area (Å²) in [4.78, 5) is 35.3. The molecule has 0 saturated carbocycles. The minimum atomic E-state index is -0.575. The second-order valence-corrected chi connectivity index (χ2v) is 12.4. The van der Waals surface area contributed by atoms with Crippen LogP contribution in [0.1, 0.15) is 44.1 Å². The number of benzene rings is 3. The second-order valence-electron chi connectivity index (χ2n) is 12.4. The van der Waals surface area contributed by atoms with Crippen LogP contribution in [0.5, 0.6) is 0 Å².